The van der Waals surface area contributed by atoms with E-state index in [9.17, 15) is 13.6 Å². The Bertz CT molecular complexity index is 656. The zero-order chi connectivity index (χ0) is 14.7. The molecule has 20 heavy (non-hydrogen) atoms. The van der Waals surface area contributed by atoms with Gasteiger partial charge in [0.15, 0.2) is 0 Å². The molecule has 0 atom stereocenters. The van der Waals surface area contributed by atoms with Crippen molar-refractivity contribution in [2.45, 2.75) is 13.5 Å². The number of nitrogens with two attached hydrogens (primary N) is 1. The molecule has 0 unspecified atom stereocenters. The predicted octanol–water partition coefficient (Wildman–Crippen LogP) is 2.98. The van der Waals surface area contributed by atoms with E-state index in [4.69, 9.17) is 5.73 Å². The van der Waals surface area contributed by atoms with E-state index in [0.29, 0.717) is 18.3 Å². The number of anilines is 1. The Kier molecular flexibility index (Phi) is 4.10. The lowest BCUT2D eigenvalue weighted by atomic mass is 10.1. The van der Waals surface area contributed by atoms with E-state index in [0.717, 1.165) is 5.56 Å². The van der Waals surface area contributed by atoms with Crippen LogP contribution in [-0.2, 0) is 6.54 Å². The van der Waals surface area contributed by atoms with Crippen molar-refractivity contribution < 1.29 is 13.6 Å². The fraction of sp³-hybridized carbons (Fsp3) is 0.133. The van der Waals surface area contributed by atoms with Crippen molar-refractivity contribution in [3.05, 3.63) is 64.7 Å². The summed E-state index contributed by atoms with van der Waals surface area (Å²) in [5.74, 6) is -2.19. The van der Waals surface area contributed by atoms with Gasteiger partial charge in [0.05, 0.1) is 5.56 Å². The Hall–Kier alpha value is -2.27. The smallest absolute Gasteiger partial charge is 0.258 e. The first-order valence-corrected chi connectivity index (χ1v) is 6.07. The minimum Gasteiger partial charge on any atom is -0.326 e. The number of hydrogen-bond acceptors (Lipinski definition) is 2. The predicted molar refractivity (Wildman–Crippen MR) is 73.4 cm³/mol. The monoisotopic (exact) mass is 276 g/mol. The van der Waals surface area contributed by atoms with Crippen LogP contribution >= 0.6 is 0 Å². The molecule has 2 aromatic carbocycles. The second-order valence-corrected chi connectivity index (χ2v) is 4.44. The van der Waals surface area contributed by atoms with E-state index < -0.39 is 17.5 Å². The van der Waals surface area contributed by atoms with E-state index in [2.05, 4.69) is 5.32 Å². The molecule has 0 fully saturated rings. The molecule has 2 aromatic rings. The van der Waals surface area contributed by atoms with Gasteiger partial charge in [0.1, 0.15) is 11.6 Å². The molecule has 3 N–H and O–H groups in total. The minimum absolute atomic E-state index is 0.193. The molecule has 0 radical (unpaired) electrons. The maximum Gasteiger partial charge on any atom is 0.258 e. The number of aryl methyl sites for hydroxylation is 1. The number of nitrogens with one attached hydrogen (secondary N) is 1. The standard InChI is InChI=1S/C15H14F2N2O/c1-9-5-12(14(17)7-13(9)16)15(20)19-11-4-2-3-10(6-11)8-18/h2-7H,8,18H2,1H3,(H,19,20). The number of carbonyl (C=O) groups excluding carboxylic acids is 1. The Labute approximate surface area is 115 Å². The third-order valence-electron chi connectivity index (χ3n) is 2.91. The topological polar surface area (TPSA) is 55.1 Å². The third kappa shape index (κ3) is 3.00. The van der Waals surface area contributed by atoms with Gasteiger partial charge in [-0.3, -0.25) is 4.79 Å². The van der Waals surface area contributed by atoms with Gasteiger partial charge in [0, 0.05) is 18.3 Å². The highest BCUT2D eigenvalue weighted by molar-refractivity contribution is 6.04. The molecular weight excluding hydrogens is 262 g/mol. The average Bonchev–Trinajstić information content (AvgIpc) is 2.43. The van der Waals surface area contributed by atoms with Gasteiger partial charge in [-0.15, -0.1) is 0 Å². The molecule has 0 aliphatic carbocycles. The molecule has 0 saturated carbocycles. The van der Waals surface area contributed by atoms with Gasteiger partial charge in [-0.05, 0) is 36.2 Å². The summed E-state index contributed by atoms with van der Waals surface area (Å²) in [7, 11) is 0. The van der Waals surface area contributed by atoms with Crippen LogP contribution in [0.25, 0.3) is 0 Å². The van der Waals surface area contributed by atoms with Crippen molar-refractivity contribution in [1.29, 1.82) is 0 Å². The number of hydrogen-bond donors (Lipinski definition) is 2. The number of carbonyl (C=O) groups is 1. The fourth-order valence-corrected chi connectivity index (χ4v) is 1.81. The summed E-state index contributed by atoms with van der Waals surface area (Å²) in [6, 6.07) is 8.83. The molecule has 0 spiro atoms. The summed E-state index contributed by atoms with van der Waals surface area (Å²) in [4.78, 5) is 12.0. The van der Waals surface area contributed by atoms with E-state index in [1.165, 1.54) is 13.0 Å². The fourth-order valence-electron chi connectivity index (χ4n) is 1.81. The van der Waals surface area contributed by atoms with Crippen LogP contribution in [0.4, 0.5) is 14.5 Å². The second kappa shape index (κ2) is 5.79. The number of rotatable bonds is 3. The van der Waals surface area contributed by atoms with Crippen molar-refractivity contribution in [2.75, 3.05) is 5.32 Å². The Balaban J connectivity index is 2.26. The van der Waals surface area contributed by atoms with Crippen LogP contribution in [0.1, 0.15) is 21.5 Å². The zero-order valence-corrected chi connectivity index (χ0v) is 10.9. The number of halogens is 2. The first-order valence-electron chi connectivity index (χ1n) is 6.07. The van der Waals surface area contributed by atoms with Gasteiger partial charge in [-0.25, -0.2) is 8.78 Å². The summed E-state index contributed by atoms with van der Waals surface area (Å²) >= 11 is 0. The molecule has 104 valence electrons. The molecule has 5 heteroatoms. The maximum absolute atomic E-state index is 13.6. The van der Waals surface area contributed by atoms with Gasteiger partial charge < -0.3 is 11.1 Å². The van der Waals surface area contributed by atoms with Crippen LogP contribution in [0.15, 0.2) is 36.4 Å². The summed E-state index contributed by atoms with van der Waals surface area (Å²) in [6.07, 6.45) is 0. The zero-order valence-electron chi connectivity index (χ0n) is 10.9. The van der Waals surface area contributed by atoms with E-state index >= 15 is 0 Å². The molecule has 0 aliphatic rings. The highest BCUT2D eigenvalue weighted by atomic mass is 19.1. The van der Waals surface area contributed by atoms with Crippen LogP contribution in [0.3, 0.4) is 0 Å². The molecule has 2 rings (SSSR count). The summed E-state index contributed by atoms with van der Waals surface area (Å²) in [6.45, 7) is 1.81. The van der Waals surface area contributed by atoms with Crippen molar-refractivity contribution in [2.24, 2.45) is 5.73 Å². The Morgan fingerprint density at radius 3 is 2.65 bits per heavy atom. The molecular formula is C15H14F2N2O. The van der Waals surface area contributed by atoms with Crippen molar-refractivity contribution in [1.82, 2.24) is 0 Å². The van der Waals surface area contributed by atoms with E-state index in [1.54, 1.807) is 18.2 Å². The minimum atomic E-state index is -0.888. The second-order valence-electron chi connectivity index (χ2n) is 4.44. The maximum atomic E-state index is 13.6. The van der Waals surface area contributed by atoms with Gasteiger partial charge in [0.2, 0.25) is 0 Å². The third-order valence-corrected chi connectivity index (χ3v) is 2.91. The molecule has 3 nitrogen and oxygen atoms in total. The first kappa shape index (κ1) is 14.1. The molecule has 1 amide bonds. The van der Waals surface area contributed by atoms with Gasteiger partial charge in [-0.1, -0.05) is 12.1 Å². The van der Waals surface area contributed by atoms with E-state index in [1.807, 2.05) is 6.07 Å². The number of amides is 1. The Morgan fingerprint density at radius 1 is 1.20 bits per heavy atom. The van der Waals surface area contributed by atoms with Gasteiger partial charge in [0.25, 0.3) is 5.91 Å². The van der Waals surface area contributed by atoms with Crippen LogP contribution in [-0.4, -0.2) is 5.91 Å². The molecule has 0 aromatic heterocycles. The lowest BCUT2D eigenvalue weighted by molar-refractivity contribution is 0.102. The summed E-state index contributed by atoms with van der Waals surface area (Å²) in [5, 5.41) is 2.56. The van der Waals surface area contributed by atoms with Gasteiger partial charge >= 0.3 is 0 Å². The van der Waals surface area contributed by atoms with Crippen molar-refractivity contribution >= 4 is 11.6 Å². The summed E-state index contributed by atoms with van der Waals surface area (Å²) < 4.78 is 26.8. The Morgan fingerprint density at radius 2 is 1.95 bits per heavy atom. The van der Waals surface area contributed by atoms with Crippen LogP contribution < -0.4 is 11.1 Å². The van der Waals surface area contributed by atoms with Crippen LogP contribution in [0.2, 0.25) is 0 Å². The van der Waals surface area contributed by atoms with Crippen LogP contribution in [0.5, 0.6) is 0 Å². The first-order chi connectivity index (χ1) is 9.51. The van der Waals surface area contributed by atoms with Crippen LogP contribution in [0, 0.1) is 18.6 Å². The molecule has 0 bridgehead atoms. The molecule has 0 heterocycles. The average molecular weight is 276 g/mol. The SMILES string of the molecule is Cc1cc(C(=O)Nc2cccc(CN)c2)c(F)cc1F. The highest BCUT2D eigenvalue weighted by Crippen LogP contribution is 2.17. The van der Waals surface area contributed by atoms with Gasteiger partial charge in [-0.2, -0.15) is 0 Å². The lowest BCUT2D eigenvalue weighted by Gasteiger charge is -2.08. The highest BCUT2D eigenvalue weighted by Gasteiger charge is 2.14. The number of benzene rings is 2. The van der Waals surface area contributed by atoms with E-state index in [-0.39, 0.29) is 11.1 Å². The quantitative estimate of drug-likeness (QED) is 0.905. The lowest BCUT2D eigenvalue weighted by Crippen LogP contribution is -2.14. The molecule has 0 aliphatic heterocycles. The molecule has 0 saturated heterocycles. The normalized spacial score (nSPS) is 10.4. The summed E-state index contributed by atoms with van der Waals surface area (Å²) in [5.41, 5.74) is 6.89. The van der Waals surface area contributed by atoms with Crippen molar-refractivity contribution in [3.63, 3.8) is 0 Å². The van der Waals surface area contributed by atoms with Crippen molar-refractivity contribution in [3.8, 4) is 0 Å². The largest absolute Gasteiger partial charge is 0.326 e.